The fourth-order valence-electron chi connectivity index (χ4n) is 4.15. The van der Waals surface area contributed by atoms with Crippen molar-refractivity contribution < 1.29 is 9.18 Å². The molecule has 2 aromatic carbocycles. The van der Waals surface area contributed by atoms with Crippen LogP contribution in [-0.4, -0.2) is 44.9 Å². The molecule has 168 valence electrons. The molecule has 0 unspecified atom stereocenters. The van der Waals surface area contributed by atoms with Gasteiger partial charge >= 0.3 is 0 Å². The van der Waals surface area contributed by atoms with E-state index in [0.717, 1.165) is 29.3 Å². The second kappa shape index (κ2) is 8.71. The van der Waals surface area contributed by atoms with E-state index in [2.05, 4.69) is 20.3 Å². The van der Waals surface area contributed by atoms with E-state index in [4.69, 9.17) is 17.3 Å². The van der Waals surface area contributed by atoms with Crippen molar-refractivity contribution >= 4 is 40.0 Å². The van der Waals surface area contributed by atoms with E-state index in [-0.39, 0.29) is 17.6 Å². The molecule has 33 heavy (non-hydrogen) atoms. The molecular weight excluding hydrogens is 443 g/mol. The Kier molecular flexibility index (Phi) is 5.60. The number of halogens is 2. The summed E-state index contributed by atoms with van der Waals surface area (Å²) in [5.74, 6) is -0.287. The highest BCUT2D eigenvalue weighted by atomic mass is 35.5. The number of hydrogen-bond donors (Lipinski definition) is 3. The van der Waals surface area contributed by atoms with Crippen molar-refractivity contribution in [3.8, 4) is 11.3 Å². The number of aromatic amines is 1. The molecule has 1 amide bonds. The monoisotopic (exact) mass is 464 g/mol. The average molecular weight is 465 g/mol. The summed E-state index contributed by atoms with van der Waals surface area (Å²) in [5.41, 5.74) is 8.42. The highest BCUT2D eigenvalue weighted by Crippen LogP contribution is 2.32. The lowest BCUT2D eigenvalue weighted by Crippen LogP contribution is -2.42. The van der Waals surface area contributed by atoms with E-state index in [9.17, 15) is 9.18 Å². The molecule has 2 aromatic heterocycles. The number of piperidine rings is 1. The molecule has 9 heteroatoms. The molecule has 0 atom stereocenters. The van der Waals surface area contributed by atoms with Crippen LogP contribution in [0.5, 0.6) is 0 Å². The number of nitrogens with one attached hydrogen (secondary N) is 2. The molecule has 1 aliphatic heterocycles. The van der Waals surface area contributed by atoms with Crippen molar-refractivity contribution in [3.05, 3.63) is 71.3 Å². The first-order valence-electron chi connectivity index (χ1n) is 10.7. The number of rotatable bonds is 4. The summed E-state index contributed by atoms with van der Waals surface area (Å²) >= 11 is 6.42. The van der Waals surface area contributed by atoms with Crippen molar-refractivity contribution in [3.63, 3.8) is 0 Å². The molecule has 0 bridgehead atoms. The summed E-state index contributed by atoms with van der Waals surface area (Å²) in [6.45, 7) is 1.09. The van der Waals surface area contributed by atoms with Gasteiger partial charge in [0.25, 0.3) is 5.91 Å². The van der Waals surface area contributed by atoms with Gasteiger partial charge in [-0.15, -0.1) is 0 Å². The first-order chi connectivity index (χ1) is 16.0. The van der Waals surface area contributed by atoms with Gasteiger partial charge in [0.2, 0.25) is 5.95 Å². The van der Waals surface area contributed by atoms with Crippen molar-refractivity contribution in [1.29, 1.82) is 0 Å². The van der Waals surface area contributed by atoms with Crippen LogP contribution in [0.4, 0.5) is 16.0 Å². The fraction of sp³-hybridized carbons (Fsp3) is 0.208. The predicted octanol–water partition coefficient (Wildman–Crippen LogP) is 4.72. The number of carbonyl (C=O) groups excluding carboxylic acids is 1. The minimum Gasteiger partial charge on any atom is -0.396 e. The number of aromatic nitrogens is 3. The zero-order valence-corrected chi connectivity index (χ0v) is 18.4. The highest BCUT2D eigenvalue weighted by molar-refractivity contribution is 6.33. The van der Waals surface area contributed by atoms with Gasteiger partial charge < -0.3 is 20.9 Å². The van der Waals surface area contributed by atoms with Crippen LogP contribution >= 0.6 is 11.6 Å². The van der Waals surface area contributed by atoms with Crippen LogP contribution < -0.4 is 11.1 Å². The lowest BCUT2D eigenvalue weighted by Gasteiger charge is -2.32. The van der Waals surface area contributed by atoms with E-state index in [0.29, 0.717) is 35.3 Å². The Morgan fingerprint density at radius 1 is 1.21 bits per heavy atom. The first kappa shape index (κ1) is 21.2. The molecule has 0 spiro atoms. The van der Waals surface area contributed by atoms with Gasteiger partial charge in [0.1, 0.15) is 5.82 Å². The quantitative estimate of drug-likeness (QED) is 0.379. The van der Waals surface area contributed by atoms with Gasteiger partial charge in [-0.05, 0) is 37.1 Å². The molecule has 1 fully saturated rings. The Hall–Kier alpha value is -3.65. The number of nitrogen functional groups attached to an aromatic ring is 1. The molecule has 5 rings (SSSR count). The minimum atomic E-state index is -0.580. The third kappa shape index (κ3) is 4.21. The Morgan fingerprint density at radius 2 is 2.00 bits per heavy atom. The van der Waals surface area contributed by atoms with Crippen LogP contribution in [0.3, 0.4) is 0 Å². The SMILES string of the molecule is Nc1ccc(C(=O)N2CCC(Nc3ncc(Cl)c(-c4c[nH]c5ccccc45)n3)CC2)cc1F. The van der Waals surface area contributed by atoms with Crippen LogP contribution in [0.1, 0.15) is 23.2 Å². The number of amides is 1. The molecule has 1 aliphatic rings. The fourth-order valence-corrected chi connectivity index (χ4v) is 4.34. The first-order valence-corrected chi connectivity index (χ1v) is 11.1. The van der Waals surface area contributed by atoms with Gasteiger partial charge in [-0.3, -0.25) is 4.79 Å². The lowest BCUT2D eigenvalue weighted by molar-refractivity contribution is 0.0718. The van der Waals surface area contributed by atoms with Gasteiger partial charge in [0.15, 0.2) is 0 Å². The van der Waals surface area contributed by atoms with Gasteiger partial charge in [-0.25, -0.2) is 14.4 Å². The smallest absolute Gasteiger partial charge is 0.253 e. The Labute approximate surface area is 194 Å². The number of anilines is 2. The molecule has 3 heterocycles. The van der Waals surface area contributed by atoms with Crippen molar-refractivity contribution in [1.82, 2.24) is 19.9 Å². The van der Waals surface area contributed by atoms with Crippen LogP contribution in [0, 0.1) is 5.82 Å². The number of benzene rings is 2. The largest absolute Gasteiger partial charge is 0.396 e. The minimum absolute atomic E-state index is 0.0319. The van der Waals surface area contributed by atoms with Gasteiger partial charge in [-0.1, -0.05) is 29.8 Å². The lowest BCUT2D eigenvalue weighted by atomic mass is 10.0. The van der Waals surface area contributed by atoms with E-state index < -0.39 is 5.82 Å². The maximum absolute atomic E-state index is 13.7. The van der Waals surface area contributed by atoms with Crippen molar-refractivity contribution in [2.75, 3.05) is 24.1 Å². The second-order valence-electron chi connectivity index (χ2n) is 8.09. The number of H-pyrrole nitrogens is 1. The van der Waals surface area contributed by atoms with E-state index in [1.807, 2.05) is 30.5 Å². The molecule has 1 saturated heterocycles. The third-order valence-electron chi connectivity index (χ3n) is 5.95. The molecule has 0 aliphatic carbocycles. The summed E-state index contributed by atoms with van der Waals surface area (Å²) in [6.07, 6.45) is 4.93. The standard InChI is InChI=1S/C24H22ClFN6O/c25-18-13-29-24(31-22(18)17-12-28-21-4-2-1-3-16(17)21)30-15-7-9-32(10-8-15)23(33)14-5-6-20(27)19(26)11-14/h1-6,11-13,15,28H,7-10,27H2,(H,29,30,31). The summed E-state index contributed by atoms with van der Waals surface area (Å²) in [7, 11) is 0. The number of hydrogen-bond acceptors (Lipinski definition) is 5. The highest BCUT2D eigenvalue weighted by Gasteiger charge is 2.25. The summed E-state index contributed by atoms with van der Waals surface area (Å²) < 4.78 is 13.7. The molecule has 0 radical (unpaired) electrons. The molecule has 4 aromatic rings. The Bertz CT molecular complexity index is 1330. The molecule has 0 saturated carbocycles. The number of likely N-dealkylation sites (tertiary alicyclic amines) is 1. The Morgan fingerprint density at radius 3 is 2.79 bits per heavy atom. The zero-order valence-electron chi connectivity index (χ0n) is 17.7. The molecule has 7 nitrogen and oxygen atoms in total. The maximum Gasteiger partial charge on any atom is 0.253 e. The predicted molar refractivity (Wildman–Crippen MR) is 128 cm³/mol. The van der Waals surface area contributed by atoms with Crippen LogP contribution in [0.15, 0.2) is 54.9 Å². The second-order valence-corrected chi connectivity index (χ2v) is 8.49. The number of nitrogens with two attached hydrogens (primary N) is 1. The third-order valence-corrected chi connectivity index (χ3v) is 6.23. The van der Waals surface area contributed by atoms with Crippen LogP contribution in [-0.2, 0) is 0 Å². The summed E-state index contributed by atoms with van der Waals surface area (Å²) in [6, 6.07) is 12.2. The average Bonchev–Trinajstić information content (AvgIpc) is 3.26. The van der Waals surface area contributed by atoms with Crippen LogP contribution in [0.2, 0.25) is 5.02 Å². The van der Waals surface area contributed by atoms with E-state index in [1.54, 1.807) is 17.2 Å². The summed E-state index contributed by atoms with van der Waals surface area (Å²) in [4.78, 5) is 26.7. The number of para-hydroxylation sites is 1. The van der Waals surface area contributed by atoms with Gasteiger partial charge in [-0.2, -0.15) is 0 Å². The molecular formula is C24H22ClFN6O. The number of nitrogens with zero attached hydrogens (tertiary/aromatic N) is 3. The van der Waals surface area contributed by atoms with Crippen molar-refractivity contribution in [2.24, 2.45) is 0 Å². The number of fused-ring (bicyclic) bond motifs is 1. The summed E-state index contributed by atoms with van der Waals surface area (Å²) in [5, 5.41) is 4.88. The normalized spacial score (nSPS) is 14.5. The van der Waals surface area contributed by atoms with Crippen molar-refractivity contribution in [2.45, 2.75) is 18.9 Å². The molecule has 4 N–H and O–H groups in total. The van der Waals surface area contributed by atoms with Gasteiger partial charge in [0, 0.05) is 47.4 Å². The number of carbonyl (C=O) groups is 1. The Balaban J connectivity index is 1.27. The van der Waals surface area contributed by atoms with E-state index >= 15 is 0 Å². The van der Waals surface area contributed by atoms with E-state index in [1.165, 1.54) is 12.1 Å². The zero-order chi connectivity index (χ0) is 22.9. The van der Waals surface area contributed by atoms with Crippen LogP contribution in [0.25, 0.3) is 22.2 Å². The maximum atomic E-state index is 13.7. The van der Waals surface area contributed by atoms with Gasteiger partial charge in [0.05, 0.1) is 22.6 Å². The topological polar surface area (TPSA) is 99.9 Å².